The summed E-state index contributed by atoms with van der Waals surface area (Å²) in [6.45, 7) is 14.0. The Kier molecular flexibility index (Phi) is 9.38. The number of rotatable bonds is 4. The maximum Gasteiger partial charge on any atom is 0.0541 e. The van der Waals surface area contributed by atoms with E-state index in [1.165, 1.54) is 139 Å². The minimum atomic E-state index is 0.0529. The molecular formula is C66H57NS. The van der Waals surface area contributed by atoms with Crippen LogP contribution in [0.2, 0.25) is 0 Å². The Morgan fingerprint density at radius 1 is 0.456 bits per heavy atom. The van der Waals surface area contributed by atoms with Crippen molar-refractivity contribution in [1.82, 2.24) is 4.57 Å². The summed E-state index contributed by atoms with van der Waals surface area (Å²) in [7, 11) is 0. The molecule has 1 fully saturated rings. The van der Waals surface area contributed by atoms with Gasteiger partial charge in [0.2, 0.25) is 0 Å². The number of benzene rings is 9. The second-order valence-electron chi connectivity index (χ2n) is 21.8. The minimum Gasteiger partial charge on any atom is -0.309 e. The van der Waals surface area contributed by atoms with Crippen LogP contribution >= 0.6 is 11.3 Å². The lowest BCUT2D eigenvalue weighted by Crippen LogP contribution is -2.27. The number of thiophene rings is 1. The van der Waals surface area contributed by atoms with Gasteiger partial charge in [0.05, 0.1) is 16.7 Å². The molecule has 2 atom stereocenters. The van der Waals surface area contributed by atoms with Crippen LogP contribution in [0.4, 0.5) is 0 Å². The number of allylic oxidation sites excluding steroid dienone is 1. The highest BCUT2D eigenvalue weighted by atomic mass is 32.1. The van der Waals surface area contributed by atoms with Crippen LogP contribution in [0.15, 0.2) is 181 Å². The fourth-order valence-electron chi connectivity index (χ4n) is 12.5. The van der Waals surface area contributed by atoms with Crippen LogP contribution in [0.5, 0.6) is 0 Å². The molecule has 2 aromatic heterocycles. The summed E-state index contributed by atoms with van der Waals surface area (Å²) >= 11 is 1.99. The van der Waals surface area contributed by atoms with Crippen molar-refractivity contribution >= 4 is 80.6 Å². The summed E-state index contributed by atoms with van der Waals surface area (Å²) in [6, 6.07) is 67.6. The summed E-state index contributed by atoms with van der Waals surface area (Å²) < 4.78 is 5.47. The summed E-state index contributed by atoms with van der Waals surface area (Å²) in [5.41, 5.74) is 18.1. The third-order valence-corrected chi connectivity index (χ3v) is 17.0. The highest BCUT2D eigenvalue weighted by molar-refractivity contribution is 7.26. The zero-order valence-electron chi connectivity index (χ0n) is 40.1. The Hall–Kier alpha value is -6.74. The summed E-state index contributed by atoms with van der Waals surface area (Å²) in [6.07, 6.45) is 4.81. The second-order valence-corrected chi connectivity index (χ2v) is 22.9. The predicted octanol–water partition coefficient (Wildman–Crippen LogP) is 19.0. The molecule has 0 saturated heterocycles. The Balaban J connectivity index is 1.01. The third-order valence-electron chi connectivity index (χ3n) is 15.8. The van der Waals surface area contributed by atoms with Crippen molar-refractivity contribution in [1.29, 1.82) is 0 Å². The van der Waals surface area contributed by atoms with E-state index in [0.717, 1.165) is 6.42 Å². The highest BCUT2D eigenvalue weighted by Gasteiger charge is 2.40. The van der Waals surface area contributed by atoms with Crippen LogP contribution in [-0.2, 0) is 10.8 Å². The van der Waals surface area contributed by atoms with E-state index < -0.39 is 0 Å². The van der Waals surface area contributed by atoms with Crippen molar-refractivity contribution in [3.63, 3.8) is 0 Å². The van der Waals surface area contributed by atoms with E-state index in [9.17, 15) is 0 Å². The van der Waals surface area contributed by atoms with E-state index in [0.29, 0.717) is 5.92 Å². The second kappa shape index (κ2) is 15.4. The Labute approximate surface area is 404 Å². The zero-order chi connectivity index (χ0) is 46.1. The molecule has 11 aromatic rings. The first-order valence-corrected chi connectivity index (χ1v) is 25.7. The molecule has 2 aliphatic carbocycles. The molecule has 332 valence electrons. The van der Waals surface area contributed by atoms with Crippen molar-refractivity contribution in [2.45, 2.75) is 84.0 Å². The average molecular weight is 896 g/mol. The van der Waals surface area contributed by atoms with E-state index in [-0.39, 0.29) is 16.7 Å². The van der Waals surface area contributed by atoms with Gasteiger partial charge in [-0.05, 0) is 144 Å². The quantitative estimate of drug-likeness (QED) is 0.155. The lowest BCUT2D eigenvalue weighted by atomic mass is 9.65. The van der Waals surface area contributed by atoms with Gasteiger partial charge in [0, 0.05) is 42.4 Å². The fraction of sp³-hybridized carbons (Fsp3) is 0.212. The van der Waals surface area contributed by atoms with Crippen LogP contribution < -0.4 is 0 Å². The molecule has 0 spiro atoms. The monoisotopic (exact) mass is 895 g/mol. The van der Waals surface area contributed by atoms with Crippen molar-refractivity contribution in [3.05, 3.63) is 209 Å². The zero-order valence-corrected chi connectivity index (χ0v) is 40.9. The predicted molar refractivity (Wildman–Crippen MR) is 295 cm³/mol. The van der Waals surface area contributed by atoms with Crippen LogP contribution in [-0.4, -0.2) is 4.57 Å². The molecule has 1 saturated carbocycles. The number of hydrogen-bond acceptors (Lipinski definition) is 1. The van der Waals surface area contributed by atoms with E-state index in [1.807, 2.05) is 11.3 Å². The largest absolute Gasteiger partial charge is 0.309 e. The van der Waals surface area contributed by atoms with Crippen molar-refractivity contribution in [3.8, 4) is 22.3 Å². The molecule has 0 radical (unpaired) electrons. The molecule has 2 heterocycles. The lowest BCUT2D eigenvalue weighted by Gasteiger charge is -2.41. The van der Waals surface area contributed by atoms with Crippen molar-refractivity contribution in [2.24, 2.45) is 5.92 Å². The van der Waals surface area contributed by atoms with Gasteiger partial charge in [0.1, 0.15) is 0 Å². The van der Waals surface area contributed by atoms with E-state index in [2.05, 4.69) is 222 Å². The van der Waals surface area contributed by atoms with Crippen LogP contribution in [0.1, 0.15) is 101 Å². The Bertz CT molecular complexity index is 3750. The molecule has 2 aliphatic rings. The van der Waals surface area contributed by atoms with Crippen LogP contribution in [0.25, 0.3) is 91.5 Å². The van der Waals surface area contributed by atoms with E-state index >= 15 is 0 Å². The van der Waals surface area contributed by atoms with E-state index in [1.54, 1.807) is 5.57 Å². The Morgan fingerprint density at radius 3 is 1.65 bits per heavy atom. The van der Waals surface area contributed by atoms with Gasteiger partial charge in [-0.2, -0.15) is 0 Å². The van der Waals surface area contributed by atoms with Gasteiger partial charge in [-0.15, -0.1) is 11.3 Å². The SMILES string of the molecule is CC(C)(C)c1ccc2c(c1)c1cc(C(C)(C)C)ccc1n2C1=C2CCCCC2C(c2cccc3c2sc2ccc(-c4c5ccccc5c(-c5ccccc5)c5ccccc45)cc23)c2ccccc21. The summed E-state index contributed by atoms with van der Waals surface area (Å²) in [4.78, 5) is 0. The van der Waals surface area contributed by atoms with Gasteiger partial charge < -0.3 is 4.57 Å². The highest BCUT2D eigenvalue weighted by Crippen LogP contribution is 2.56. The molecule has 0 amide bonds. The standard InChI is InChI=1S/C66H57NS/c1-65(2,3)42-32-34-57-54(38-42)55-39-43(66(4,5)6)33-35-58(55)67(57)63-50-27-16-14-25-48(50)62(49-26-15-17-28-51(49)63)53-30-18-29-52-56-37-41(31-36-59(56)68-64(52)53)61-46-23-12-10-21-44(46)60(40-19-8-7-9-20-40)45-22-11-13-24-47(45)61/h7-14,16,18-25,27,29-39,49,62H,15,17,26,28H2,1-6H3. The number of nitrogens with zero attached hydrogens (tertiary/aromatic N) is 1. The van der Waals surface area contributed by atoms with Crippen LogP contribution in [0, 0.1) is 5.92 Å². The molecule has 0 bridgehead atoms. The molecule has 0 aliphatic heterocycles. The molecular weight excluding hydrogens is 839 g/mol. The number of fused-ring (bicyclic) bond motifs is 10. The number of hydrogen-bond donors (Lipinski definition) is 0. The Morgan fingerprint density at radius 2 is 1.01 bits per heavy atom. The first kappa shape index (κ1) is 41.4. The minimum absolute atomic E-state index is 0.0529. The first-order valence-electron chi connectivity index (χ1n) is 24.9. The summed E-state index contributed by atoms with van der Waals surface area (Å²) in [5.74, 6) is 0.684. The number of aromatic nitrogens is 1. The fourth-order valence-corrected chi connectivity index (χ4v) is 13.7. The maximum atomic E-state index is 2.69. The lowest BCUT2D eigenvalue weighted by molar-refractivity contribution is 0.411. The van der Waals surface area contributed by atoms with E-state index in [4.69, 9.17) is 0 Å². The molecule has 1 nitrogen and oxygen atoms in total. The molecule has 2 unspecified atom stereocenters. The molecule has 2 heteroatoms. The van der Waals surface area contributed by atoms with Gasteiger partial charge in [-0.25, -0.2) is 0 Å². The molecule has 9 aromatic carbocycles. The van der Waals surface area contributed by atoms with Gasteiger partial charge in [-0.3, -0.25) is 0 Å². The summed E-state index contributed by atoms with van der Waals surface area (Å²) in [5, 5.41) is 10.6. The molecule has 13 rings (SSSR count). The topological polar surface area (TPSA) is 4.93 Å². The van der Waals surface area contributed by atoms with Crippen molar-refractivity contribution in [2.75, 3.05) is 0 Å². The molecule has 0 N–H and O–H groups in total. The van der Waals surface area contributed by atoms with Gasteiger partial charge >= 0.3 is 0 Å². The average Bonchev–Trinajstić information content (AvgIpc) is 3.89. The molecule has 68 heavy (non-hydrogen) atoms. The van der Waals surface area contributed by atoms with Crippen LogP contribution in [0.3, 0.4) is 0 Å². The smallest absolute Gasteiger partial charge is 0.0541 e. The van der Waals surface area contributed by atoms with Crippen molar-refractivity contribution < 1.29 is 0 Å². The maximum absolute atomic E-state index is 2.69. The first-order chi connectivity index (χ1) is 33.0. The third kappa shape index (κ3) is 6.33. The van der Waals surface area contributed by atoms with Gasteiger partial charge in [-0.1, -0.05) is 187 Å². The van der Waals surface area contributed by atoms with Gasteiger partial charge in [0.15, 0.2) is 0 Å². The van der Waals surface area contributed by atoms with Gasteiger partial charge in [0.25, 0.3) is 0 Å². The normalized spacial score (nSPS) is 16.7.